The van der Waals surface area contributed by atoms with Crippen LogP contribution < -0.4 is 10.9 Å². The number of benzene rings is 1. The molecule has 0 fully saturated rings. The first kappa shape index (κ1) is 19.3. The number of fused-ring (bicyclic) bond motifs is 3. The number of esters is 1. The molecule has 2 heterocycles. The molecule has 1 aliphatic rings. The summed E-state index contributed by atoms with van der Waals surface area (Å²) in [5.41, 5.74) is 2.27. The predicted molar refractivity (Wildman–Crippen MR) is 110 cm³/mol. The van der Waals surface area contributed by atoms with Gasteiger partial charge < -0.3 is 10.1 Å². The van der Waals surface area contributed by atoms with Crippen LogP contribution in [-0.2, 0) is 35.5 Å². The highest BCUT2D eigenvalue weighted by atomic mass is 32.1. The molecule has 8 heteroatoms. The molecular weight excluding hydrogens is 390 g/mol. The molecule has 0 saturated heterocycles. The lowest BCUT2D eigenvalue weighted by Gasteiger charge is -2.11. The molecule has 4 rings (SSSR count). The minimum absolute atomic E-state index is 0.0767. The Morgan fingerprint density at radius 2 is 1.97 bits per heavy atom. The minimum atomic E-state index is -0.404. The summed E-state index contributed by atoms with van der Waals surface area (Å²) in [4.78, 5) is 43.2. The molecule has 7 nitrogen and oxygen atoms in total. The number of hydrogen-bond acceptors (Lipinski definition) is 6. The van der Waals surface area contributed by atoms with Gasteiger partial charge in [-0.3, -0.25) is 14.2 Å². The number of carbonyl (C=O) groups excluding carboxylic acids is 2. The predicted octanol–water partition coefficient (Wildman–Crippen LogP) is 2.44. The second kappa shape index (κ2) is 8.16. The number of amides is 1. The van der Waals surface area contributed by atoms with E-state index in [1.165, 1.54) is 22.9 Å². The summed E-state index contributed by atoms with van der Waals surface area (Å²) >= 11 is 1.60. The van der Waals surface area contributed by atoms with E-state index in [0.717, 1.165) is 41.6 Å². The Hall–Kier alpha value is -3.00. The number of ether oxygens (including phenoxy) is 1. The van der Waals surface area contributed by atoms with Gasteiger partial charge in [-0.05, 0) is 48.9 Å². The second-order valence-electron chi connectivity index (χ2n) is 7.03. The Kier molecular flexibility index (Phi) is 5.44. The first-order valence-electron chi connectivity index (χ1n) is 9.50. The molecule has 29 heavy (non-hydrogen) atoms. The zero-order chi connectivity index (χ0) is 20.4. The maximum Gasteiger partial charge on any atom is 0.337 e. The summed E-state index contributed by atoms with van der Waals surface area (Å²) < 4.78 is 6.04. The monoisotopic (exact) mass is 411 g/mol. The van der Waals surface area contributed by atoms with Crippen LogP contribution in [0.3, 0.4) is 0 Å². The summed E-state index contributed by atoms with van der Waals surface area (Å²) in [5.74, 6) is -0.673. The van der Waals surface area contributed by atoms with Crippen molar-refractivity contribution >= 4 is 33.4 Å². The first-order chi connectivity index (χ1) is 14.1. The second-order valence-corrected chi connectivity index (χ2v) is 8.12. The summed E-state index contributed by atoms with van der Waals surface area (Å²) in [5, 5.41) is 3.48. The maximum absolute atomic E-state index is 12.9. The largest absolute Gasteiger partial charge is 0.465 e. The van der Waals surface area contributed by atoms with E-state index < -0.39 is 5.97 Å². The van der Waals surface area contributed by atoms with Crippen molar-refractivity contribution in [3.05, 3.63) is 62.5 Å². The summed E-state index contributed by atoms with van der Waals surface area (Å²) in [6.45, 7) is 0.227. The minimum Gasteiger partial charge on any atom is -0.465 e. The van der Waals surface area contributed by atoms with Crippen molar-refractivity contribution < 1.29 is 14.3 Å². The smallest absolute Gasteiger partial charge is 0.337 e. The number of carbonyl (C=O) groups is 2. The molecule has 0 bridgehead atoms. The third kappa shape index (κ3) is 3.93. The van der Waals surface area contributed by atoms with Crippen LogP contribution in [0.2, 0.25) is 0 Å². The van der Waals surface area contributed by atoms with Gasteiger partial charge in [0.25, 0.3) is 5.56 Å². The Labute approximate surface area is 171 Å². The molecule has 0 aliphatic heterocycles. The van der Waals surface area contributed by atoms with Gasteiger partial charge in [0.15, 0.2) is 0 Å². The van der Waals surface area contributed by atoms with E-state index in [9.17, 15) is 14.4 Å². The molecular formula is C21H21N3O4S. The molecule has 0 radical (unpaired) electrons. The first-order valence-corrected chi connectivity index (χ1v) is 10.3. The number of rotatable bonds is 5. The van der Waals surface area contributed by atoms with Crippen LogP contribution in [0.4, 0.5) is 0 Å². The van der Waals surface area contributed by atoms with Crippen LogP contribution in [0.1, 0.15) is 39.2 Å². The fraction of sp³-hybridized carbons (Fsp3) is 0.333. The third-order valence-electron chi connectivity index (χ3n) is 5.12. The Morgan fingerprint density at radius 3 is 2.72 bits per heavy atom. The Balaban J connectivity index is 1.44. The topological polar surface area (TPSA) is 90.3 Å². The van der Waals surface area contributed by atoms with Gasteiger partial charge in [0.1, 0.15) is 11.4 Å². The number of hydrogen-bond donors (Lipinski definition) is 1. The maximum atomic E-state index is 12.9. The molecule has 150 valence electrons. The van der Waals surface area contributed by atoms with Crippen molar-refractivity contribution in [2.75, 3.05) is 7.11 Å². The number of methoxy groups -OCH3 is 1. The zero-order valence-electron chi connectivity index (χ0n) is 16.1. The fourth-order valence-electron chi connectivity index (χ4n) is 3.58. The van der Waals surface area contributed by atoms with E-state index in [-0.39, 0.29) is 18.0 Å². The summed E-state index contributed by atoms with van der Waals surface area (Å²) in [7, 11) is 1.33. The highest BCUT2D eigenvalue weighted by molar-refractivity contribution is 7.18. The van der Waals surface area contributed by atoms with Crippen LogP contribution in [0.5, 0.6) is 0 Å². The number of thiophene rings is 1. The highest BCUT2D eigenvalue weighted by Gasteiger charge is 2.20. The van der Waals surface area contributed by atoms with E-state index in [4.69, 9.17) is 0 Å². The van der Waals surface area contributed by atoms with E-state index in [1.807, 2.05) is 0 Å². The van der Waals surface area contributed by atoms with E-state index in [1.54, 1.807) is 35.6 Å². The number of nitrogens with zero attached hydrogens (tertiary/aromatic N) is 2. The SMILES string of the molecule is COC(=O)c1ccc(CNC(=O)Cn2cnc3sc4c(c3c2=O)CCCC4)cc1. The molecule has 1 amide bonds. The molecule has 1 N–H and O–H groups in total. The molecule has 2 aromatic heterocycles. The van der Waals surface area contributed by atoms with Crippen LogP contribution >= 0.6 is 11.3 Å². The van der Waals surface area contributed by atoms with Crippen molar-refractivity contribution in [3.8, 4) is 0 Å². The van der Waals surface area contributed by atoms with Gasteiger partial charge in [-0.1, -0.05) is 12.1 Å². The molecule has 1 aromatic carbocycles. The summed E-state index contributed by atoms with van der Waals surface area (Å²) in [6.07, 6.45) is 5.60. The fourth-order valence-corrected chi connectivity index (χ4v) is 4.80. The quantitative estimate of drug-likeness (QED) is 0.652. The van der Waals surface area contributed by atoms with Gasteiger partial charge in [0, 0.05) is 11.4 Å². The van der Waals surface area contributed by atoms with Crippen molar-refractivity contribution in [2.24, 2.45) is 0 Å². The average molecular weight is 411 g/mol. The van der Waals surface area contributed by atoms with E-state index in [0.29, 0.717) is 17.5 Å². The van der Waals surface area contributed by atoms with Gasteiger partial charge in [0.2, 0.25) is 5.91 Å². The van der Waals surface area contributed by atoms with E-state index >= 15 is 0 Å². The summed E-state index contributed by atoms with van der Waals surface area (Å²) in [6, 6.07) is 6.80. The van der Waals surface area contributed by atoms with Crippen molar-refractivity contribution in [1.29, 1.82) is 0 Å². The Morgan fingerprint density at radius 1 is 1.21 bits per heavy atom. The highest BCUT2D eigenvalue weighted by Crippen LogP contribution is 2.33. The van der Waals surface area contributed by atoms with Gasteiger partial charge in [-0.2, -0.15) is 0 Å². The normalized spacial score (nSPS) is 13.1. The van der Waals surface area contributed by atoms with Crippen molar-refractivity contribution in [1.82, 2.24) is 14.9 Å². The van der Waals surface area contributed by atoms with Gasteiger partial charge in [-0.25, -0.2) is 9.78 Å². The molecule has 0 unspecified atom stereocenters. The number of aryl methyl sites for hydroxylation is 2. The lowest BCUT2D eigenvalue weighted by molar-refractivity contribution is -0.121. The molecule has 0 spiro atoms. The zero-order valence-corrected chi connectivity index (χ0v) is 16.9. The van der Waals surface area contributed by atoms with Crippen LogP contribution in [0.25, 0.3) is 10.2 Å². The lowest BCUT2D eigenvalue weighted by Crippen LogP contribution is -2.32. The van der Waals surface area contributed by atoms with Gasteiger partial charge in [-0.15, -0.1) is 11.3 Å². The number of nitrogens with one attached hydrogen (secondary N) is 1. The average Bonchev–Trinajstić information content (AvgIpc) is 3.13. The molecule has 3 aromatic rings. The van der Waals surface area contributed by atoms with Crippen molar-refractivity contribution in [3.63, 3.8) is 0 Å². The van der Waals surface area contributed by atoms with Crippen LogP contribution in [0.15, 0.2) is 35.4 Å². The van der Waals surface area contributed by atoms with Gasteiger partial charge >= 0.3 is 5.97 Å². The third-order valence-corrected chi connectivity index (χ3v) is 6.32. The van der Waals surface area contributed by atoms with Gasteiger partial charge in [0.05, 0.1) is 24.4 Å². The lowest BCUT2D eigenvalue weighted by atomic mass is 9.97. The van der Waals surface area contributed by atoms with Crippen molar-refractivity contribution in [2.45, 2.75) is 38.8 Å². The Bertz CT molecular complexity index is 1130. The van der Waals surface area contributed by atoms with Crippen LogP contribution in [0, 0.1) is 0 Å². The molecule has 0 saturated carbocycles. The molecule has 1 aliphatic carbocycles. The number of aromatic nitrogens is 2. The van der Waals surface area contributed by atoms with E-state index in [2.05, 4.69) is 15.0 Å². The standard InChI is InChI=1S/C21H21N3O4S/c1-28-21(27)14-8-6-13(7-9-14)10-22-17(25)11-24-12-23-19-18(20(24)26)15-4-2-3-5-16(15)29-19/h6-9,12H,2-5,10-11H2,1H3,(H,22,25). The van der Waals surface area contributed by atoms with Crippen LogP contribution in [-0.4, -0.2) is 28.5 Å². The molecule has 0 atom stereocenters.